The highest BCUT2D eigenvalue weighted by Gasteiger charge is 2.33. The fourth-order valence-corrected chi connectivity index (χ4v) is 6.20. The van der Waals surface area contributed by atoms with E-state index in [2.05, 4.69) is 0 Å². The van der Waals surface area contributed by atoms with Gasteiger partial charge < -0.3 is 9.47 Å². The molecule has 0 unspecified atom stereocenters. The lowest BCUT2D eigenvalue weighted by molar-refractivity contribution is 0.402. The van der Waals surface area contributed by atoms with E-state index in [9.17, 15) is 16.8 Å². The fourth-order valence-electron chi connectivity index (χ4n) is 2.79. The number of benzene rings is 3. The number of ether oxygens (including phenoxy) is 2. The number of methoxy groups -OCH3 is 2. The van der Waals surface area contributed by atoms with E-state index in [1.165, 1.54) is 68.8 Å². The van der Waals surface area contributed by atoms with E-state index >= 15 is 0 Å². The average molecular weight is 460 g/mol. The van der Waals surface area contributed by atoms with E-state index in [-0.39, 0.29) is 9.79 Å². The van der Waals surface area contributed by atoms with E-state index in [4.69, 9.17) is 9.47 Å². The highest BCUT2D eigenvalue weighted by atomic mass is 32.3. The van der Waals surface area contributed by atoms with Crippen LogP contribution in [-0.2, 0) is 20.0 Å². The molecule has 0 saturated carbocycles. The summed E-state index contributed by atoms with van der Waals surface area (Å²) in [7, 11) is -5.91. The summed E-state index contributed by atoms with van der Waals surface area (Å²) in [6.07, 6.45) is 2.35. The molecule has 0 bridgehead atoms. The van der Waals surface area contributed by atoms with Gasteiger partial charge in [-0.1, -0.05) is 36.4 Å². The molecule has 0 radical (unpaired) electrons. The topological polar surface area (TPSA) is 90.0 Å². The molecule has 3 aromatic rings. The second kappa shape index (κ2) is 9.23. The van der Waals surface area contributed by atoms with Crippen molar-refractivity contribution in [2.75, 3.05) is 14.2 Å². The van der Waals surface area contributed by atoms with Crippen LogP contribution in [0.4, 0.5) is 0 Å². The first-order chi connectivity index (χ1) is 14.8. The predicted molar refractivity (Wildman–Crippen MR) is 118 cm³/mol. The van der Waals surface area contributed by atoms with Crippen molar-refractivity contribution in [3.63, 3.8) is 0 Å². The van der Waals surface area contributed by atoms with Gasteiger partial charge in [-0.15, -0.1) is 0 Å². The Kier molecular flexibility index (Phi) is 6.67. The largest absolute Gasteiger partial charge is 0.497 e. The third kappa shape index (κ3) is 4.73. The zero-order chi connectivity index (χ0) is 22.5. The molecule has 0 heterocycles. The Morgan fingerprint density at radius 2 is 1.23 bits per heavy atom. The van der Waals surface area contributed by atoms with Crippen molar-refractivity contribution in [2.45, 2.75) is 9.79 Å². The van der Waals surface area contributed by atoms with Crippen molar-refractivity contribution >= 4 is 26.1 Å². The van der Waals surface area contributed by atoms with Crippen LogP contribution < -0.4 is 9.47 Å². The van der Waals surface area contributed by atoms with Crippen LogP contribution in [-0.4, -0.2) is 34.8 Å². The molecule has 0 aliphatic rings. The molecule has 0 saturated heterocycles. The third-order valence-electron chi connectivity index (χ3n) is 4.37. The Hall–Kier alpha value is -3.30. The molecule has 7 nitrogen and oxygen atoms in total. The molecule has 0 aliphatic heterocycles. The van der Waals surface area contributed by atoms with Gasteiger partial charge in [0.1, 0.15) is 11.5 Å². The maximum Gasteiger partial charge on any atom is 0.277 e. The van der Waals surface area contributed by atoms with E-state index in [0.717, 1.165) is 6.20 Å². The Morgan fingerprint density at radius 3 is 1.68 bits per heavy atom. The molecule has 162 valence electrons. The van der Waals surface area contributed by atoms with Crippen molar-refractivity contribution in [1.29, 1.82) is 0 Å². The van der Waals surface area contributed by atoms with Gasteiger partial charge in [-0.2, -0.15) is 3.71 Å². The van der Waals surface area contributed by atoms with E-state index < -0.39 is 20.0 Å². The van der Waals surface area contributed by atoms with Crippen LogP contribution in [0, 0.1) is 0 Å². The smallest absolute Gasteiger partial charge is 0.277 e. The van der Waals surface area contributed by atoms with Gasteiger partial charge in [0, 0.05) is 11.8 Å². The van der Waals surface area contributed by atoms with Crippen LogP contribution in [0.25, 0.3) is 6.08 Å². The first-order valence-electron chi connectivity index (χ1n) is 9.10. The highest BCUT2D eigenvalue weighted by molar-refractivity contribution is 8.04. The number of rotatable bonds is 8. The van der Waals surface area contributed by atoms with Gasteiger partial charge in [-0.25, -0.2) is 16.8 Å². The summed E-state index contributed by atoms with van der Waals surface area (Å²) in [6, 6.07) is 19.6. The van der Waals surface area contributed by atoms with Crippen LogP contribution in [0.1, 0.15) is 5.56 Å². The number of sulfonamides is 2. The van der Waals surface area contributed by atoms with Crippen LogP contribution in [0.3, 0.4) is 0 Å². The van der Waals surface area contributed by atoms with Crippen molar-refractivity contribution < 1.29 is 26.3 Å². The Bertz CT molecular complexity index is 1200. The standard InChI is InChI=1S/C22H21NO6S2/c1-28-19-13-14-22(29-2)18(17-19)15-16-23(30(24,25)20-9-5-3-6-10-20)31(26,27)21-11-7-4-8-12-21/h3-17H,1-2H3/b16-15+. The lowest BCUT2D eigenvalue weighted by atomic mass is 10.2. The summed E-state index contributed by atoms with van der Waals surface area (Å²) in [5, 5.41) is 0. The Labute approximate surface area is 182 Å². The second-order valence-electron chi connectivity index (χ2n) is 6.29. The zero-order valence-electron chi connectivity index (χ0n) is 16.9. The van der Waals surface area contributed by atoms with Gasteiger partial charge in [0.2, 0.25) is 0 Å². The minimum atomic E-state index is -4.43. The molecule has 0 spiro atoms. The molecule has 0 N–H and O–H groups in total. The Morgan fingerprint density at radius 1 is 0.710 bits per heavy atom. The lowest BCUT2D eigenvalue weighted by Crippen LogP contribution is -2.32. The van der Waals surface area contributed by atoms with Gasteiger partial charge in [-0.3, -0.25) is 0 Å². The van der Waals surface area contributed by atoms with Crippen LogP contribution in [0.2, 0.25) is 0 Å². The van der Waals surface area contributed by atoms with Crippen molar-refractivity contribution in [2.24, 2.45) is 0 Å². The summed E-state index contributed by atoms with van der Waals surface area (Å²) in [5.74, 6) is 0.926. The summed E-state index contributed by atoms with van der Waals surface area (Å²) in [6.45, 7) is 0. The molecule has 3 aromatic carbocycles. The Balaban J connectivity index is 2.17. The van der Waals surface area contributed by atoms with E-state index in [0.29, 0.717) is 20.8 Å². The zero-order valence-corrected chi connectivity index (χ0v) is 18.5. The monoisotopic (exact) mass is 459 g/mol. The predicted octanol–water partition coefficient (Wildman–Crippen LogP) is 3.75. The average Bonchev–Trinajstić information content (AvgIpc) is 2.80. The van der Waals surface area contributed by atoms with Crippen LogP contribution in [0.5, 0.6) is 11.5 Å². The molecule has 0 aliphatic carbocycles. The number of hydrogen-bond donors (Lipinski definition) is 0. The van der Waals surface area contributed by atoms with Gasteiger partial charge in [-0.05, 0) is 48.5 Å². The van der Waals surface area contributed by atoms with Crippen molar-refractivity contribution in [3.05, 3.63) is 90.6 Å². The first-order valence-corrected chi connectivity index (χ1v) is 12.0. The van der Waals surface area contributed by atoms with Crippen LogP contribution >= 0.6 is 0 Å². The van der Waals surface area contributed by atoms with Crippen molar-refractivity contribution in [3.8, 4) is 11.5 Å². The third-order valence-corrected chi connectivity index (χ3v) is 8.47. The molecular formula is C22H21NO6S2. The molecular weight excluding hydrogens is 438 g/mol. The number of nitrogens with zero attached hydrogens (tertiary/aromatic N) is 1. The minimum Gasteiger partial charge on any atom is -0.497 e. The summed E-state index contributed by atoms with van der Waals surface area (Å²) in [4.78, 5) is -0.312. The maximum absolute atomic E-state index is 13.3. The van der Waals surface area contributed by atoms with Crippen LogP contribution in [0.15, 0.2) is 94.9 Å². The second-order valence-corrected chi connectivity index (χ2v) is 10.1. The summed E-state index contributed by atoms with van der Waals surface area (Å²) in [5.41, 5.74) is 0.443. The summed E-state index contributed by atoms with van der Waals surface area (Å²) < 4.78 is 64.0. The van der Waals surface area contributed by atoms with Gasteiger partial charge in [0.05, 0.1) is 24.0 Å². The molecule has 0 atom stereocenters. The van der Waals surface area contributed by atoms with E-state index in [1.54, 1.807) is 30.3 Å². The number of hydrogen-bond acceptors (Lipinski definition) is 6. The van der Waals surface area contributed by atoms with Crippen molar-refractivity contribution in [1.82, 2.24) is 3.71 Å². The fraction of sp³-hybridized carbons (Fsp3) is 0.0909. The molecule has 0 aromatic heterocycles. The summed E-state index contributed by atoms with van der Waals surface area (Å²) >= 11 is 0. The first kappa shape index (κ1) is 22.4. The quantitative estimate of drug-likeness (QED) is 0.510. The molecule has 31 heavy (non-hydrogen) atoms. The minimum absolute atomic E-state index is 0.156. The SMILES string of the molecule is COc1ccc(OC)c(/C=C/N(S(=O)(=O)c2ccccc2)S(=O)(=O)c2ccccc2)c1. The van der Waals surface area contributed by atoms with Gasteiger partial charge in [0.15, 0.2) is 0 Å². The molecule has 9 heteroatoms. The highest BCUT2D eigenvalue weighted by Crippen LogP contribution is 2.28. The molecule has 0 fully saturated rings. The molecule has 0 amide bonds. The lowest BCUT2D eigenvalue weighted by Gasteiger charge is -2.20. The molecule has 3 rings (SSSR count). The normalized spacial score (nSPS) is 11.9. The maximum atomic E-state index is 13.3. The van der Waals surface area contributed by atoms with Gasteiger partial charge >= 0.3 is 0 Å². The van der Waals surface area contributed by atoms with E-state index in [1.807, 2.05) is 0 Å². The van der Waals surface area contributed by atoms with Gasteiger partial charge in [0.25, 0.3) is 20.0 Å².